The monoisotopic (exact) mass is 284 g/mol. The Hall–Kier alpha value is -0.960. The maximum atomic E-state index is 12.7. The zero-order chi connectivity index (χ0) is 14.6. The molecule has 0 spiro atoms. The maximum absolute atomic E-state index is 12.7. The molecule has 5 heteroatoms. The van der Waals surface area contributed by atoms with Gasteiger partial charge in [-0.2, -0.15) is 0 Å². The summed E-state index contributed by atoms with van der Waals surface area (Å²) < 4.78 is 23.3. The molecule has 0 saturated heterocycles. The molecule has 1 aromatic rings. The summed E-state index contributed by atoms with van der Waals surface area (Å²) in [5, 5.41) is 0. The van der Waals surface area contributed by atoms with Gasteiger partial charge in [0.1, 0.15) is 0 Å². The molecule has 106 valence electrons. The minimum Gasteiger partial charge on any atom is -0.300 e. The van der Waals surface area contributed by atoms with Crippen LogP contribution in [0.3, 0.4) is 0 Å². The van der Waals surface area contributed by atoms with Crippen molar-refractivity contribution in [3.63, 3.8) is 0 Å². The van der Waals surface area contributed by atoms with Gasteiger partial charge in [-0.05, 0) is 40.2 Å². The molecule has 0 amide bonds. The molecule has 0 N–H and O–H groups in total. The lowest BCUT2D eigenvalue weighted by Crippen LogP contribution is -2.15. The van der Waals surface area contributed by atoms with Crippen LogP contribution in [-0.4, -0.2) is 17.7 Å². The highest BCUT2D eigenvalue weighted by Crippen LogP contribution is 2.53. The highest BCUT2D eigenvalue weighted by atomic mass is 31.2. The molecule has 19 heavy (non-hydrogen) atoms. The Labute approximate surface area is 114 Å². The molecule has 0 saturated carbocycles. The Morgan fingerprint density at radius 2 is 1.53 bits per heavy atom. The topological polar surface area (TPSA) is 52.6 Å². The van der Waals surface area contributed by atoms with Crippen LogP contribution in [0, 0.1) is 6.92 Å². The van der Waals surface area contributed by atoms with Crippen LogP contribution in [0.5, 0.6) is 0 Å². The number of aryl methyl sites for hydroxylation is 1. The Kier molecular flexibility index (Phi) is 5.48. The van der Waals surface area contributed by atoms with Crippen LogP contribution in [0.2, 0.25) is 0 Å². The number of carbonyl (C=O) groups is 1. The molecule has 0 heterocycles. The van der Waals surface area contributed by atoms with E-state index in [1.165, 1.54) is 0 Å². The normalized spacial score (nSPS) is 12.2. The van der Waals surface area contributed by atoms with E-state index < -0.39 is 13.1 Å². The molecule has 1 aromatic carbocycles. The summed E-state index contributed by atoms with van der Waals surface area (Å²) in [5.74, 6) is 0. The third kappa shape index (κ3) is 4.27. The molecule has 0 radical (unpaired) electrons. The van der Waals surface area contributed by atoms with Gasteiger partial charge >= 0.3 is 7.60 Å². The van der Waals surface area contributed by atoms with E-state index in [0.29, 0.717) is 5.56 Å². The molecule has 0 unspecified atom stereocenters. The van der Waals surface area contributed by atoms with Crippen LogP contribution in [0.4, 0.5) is 0 Å². The average Bonchev–Trinajstić information content (AvgIpc) is 2.26. The summed E-state index contributed by atoms with van der Waals surface area (Å²) >= 11 is 0. The van der Waals surface area contributed by atoms with E-state index in [-0.39, 0.29) is 12.2 Å². The smallest absolute Gasteiger partial charge is 0.300 e. The second kappa shape index (κ2) is 6.47. The first kappa shape index (κ1) is 16.1. The van der Waals surface area contributed by atoms with E-state index in [2.05, 4.69) is 0 Å². The van der Waals surface area contributed by atoms with Crippen molar-refractivity contribution in [2.24, 2.45) is 0 Å². The van der Waals surface area contributed by atoms with Gasteiger partial charge in [0.15, 0.2) is 0 Å². The number of rotatable bonds is 6. The van der Waals surface area contributed by atoms with E-state index in [1.807, 2.05) is 6.07 Å². The van der Waals surface area contributed by atoms with Crippen molar-refractivity contribution >= 4 is 13.1 Å². The van der Waals surface area contributed by atoms with Gasteiger partial charge in [0.25, 0.3) is 5.52 Å². The fourth-order valence-corrected chi connectivity index (χ4v) is 3.53. The highest BCUT2D eigenvalue weighted by Gasteiger charge is 2.38. The third-order valence-electron chi connectivity index (χ3n) is 2.32. The van der Waals surface area contributed by atoms with Crippen molar-refractivity contribution < 1.29 is 18.4 Å². The van der Waals surface area contributed by atoms with Crippen molar-refractivity contribution in [1.29, 1.82) is 0 Å². The molecule has 1 rings (SSSR count). The second-order valence-corrected chi connectivity index (χ2v) is 6.75. The zero-order valence-electron chi connectivity index (χ0n) is 12.0. The molecule has 0 aliphatic carbocycles. The fourth-order valence-electron chi connectivity index (χ4n) is 1.64. The van der Waals surface area contributed by atoms with Gasteiger partial charge in [-0.3, -0.25) is 9.36 Å². The highest BCUT2D eigenvalue weighted by molar-refractivity contribution is 7.72. The summed E-state index contributed by atoms with van der Waals surface area (Å²) in [6.45, 7) is 8.69. The van der Waals surface area contributed by atoms with Gasteiger partial charge in [0, 0.05) is 5.56 Å². The van der Waals surface area contributed by atoms with Gasteiger partial charge in [-0.25, -0.2) is 0 Å². The Bertz CT molecular complexity index is 480. The quantitative estimate of drug-likeness (QED) is 0.735. The average molecular weight is 284 g/mol. The Morgan fingerprint density at radius 3 is 1.95 bits per heavy atom. The summed E-state index contributed by atoms with van der Waals surface area (Å²) in [4.78, 5) is 12.4. The first-order valence-corrected chi connectivity index (χ1v) is 7.88. The third-order valence-corrected chi connectivity index (χ3v) is 4.46. The minimum atomic E-state index is -3.81. The van der Waals surface area contributed by atoms with Crippen molar-refractivity contribution in [1.82, 2.24) is 0 Å². The fraction of sp³-hybridized carbons (Fsp3) is 0.500. The van der Waals surface area contributed by atoms with Crippen LogP contribution in [0.1, 0.15) is 43.6 Å². The van der Waals surface area contributed by atoms with E-state index in [1.54, 1.807) is 52.8 Å². The lowest BCUT2D eigenvalue weighted by molar-refractivity contribution is 0.0924. The number of carbonyl (C=O) groups excluding carboxylic acids is 1. The first-order valence-electron chi connectivity index (χ1n) is 6.33. The van der Waals surface area contributed by atoms with E-state index in [4.69, 9.17) is 9.05 Å². The molecule has 0 aliphatic rings. The first-order chi connectivity index (χ1) is 8.76. The predicted molar refractivity (Wildman–Crippen MR) is 75.6 cm³/mol. The van der Waals surface area contributed by atoms with Crippen LogP contribution >= 0.6 is 7.60 Å². The SMILES string of the molecule is Cc1ccccc1C(=O)P(=O)(OC(C)C)OC(C)C. The van der Waals surface area contributed by atoms with Gasteiger partial charge < -0.3 is 9.05 Å². The number of hydrogen-bond acceptors (Lipinski definition) is 4. The Balaban J connectivity index is 3.15. The summed E-state index contributed by atoms with van der Waals surface area (Å²) in [5.41, 5.74) is 0.563. The molecular weight excluding hydrogens is 263 g/mol. The molecule has 0 bridgehead atoms. The van der Waals surface area contributed by atoms with E-state index >= 15 is 0 Å². The van der Waals surface area contributed by atoms with Crippen LogP contribution < -0.4 is 0 Å². The largest absolute Gasteiger partial charge is 0.402 e. The summed E-state index contributed by atoms with van der Waals surface area (Å²) in [6, 6.07) is 6.99. The molecule has 0 aliphatic heterocycles. The predicted octanol–water partition coefficient (Wildman–Crippen LogP) is 4.18. The van der Waals surface area contributed by atoms with Crippen molar-refractivity contribution in [2.45, 2.75) is 46.8 Å². The molecule has 4 nitrogen and oxygen atoms in total. The van der Waals surface area contributed by atoms with E-state index in [0.717, 1.165) is 5.56 Å². The van der Waals surface area contributed by atoms with Crippen LogP contribution in [-0.2, 0) is 13.6 Å². The van der Waals surface area contributed by atoms with Gasteiger partial charge in [-0.1, -0.05) is 24.3 Å². The Morgan fingerprint density at radius 1 is 1.05 bits per heavy atom. The standard InChI is InChI=1S/C14H21O4P/c1-10(2)17-19(16,18-11(3)4)14(15)13-9-7-6-8-12(13)5/h6-11H,1-5H3. The molecular formula is C14H21O4P. The number of benzene rings is 1. The minimum absolute atomic E-state index is 0.349. The lowest BCUT2D eigenvalue weighted by atomic mass is 10.1. The maximum Gasteiger partial charge on any atom is 0.402 e. The van der Waals surface area contributed by atoms with Crippen LogP contribution in [0.25, 0.3) is 0 Å². The number of hydrogen-bond donors (Lipinski definition) is 0. The van der Waals surface area contributed by atoms with Crippen LogP contribution in [0.15, 0.2) is 24.3 Å². The summed E-state index contributed by atoms with van der Waals surface area (Å²) in [7, 11) is -3.81. The van der Waals surface area contributed by atoms with Gasteiger partial charge in [0.05, 0.1) is 12.2 Å². The molecule has 0 atom stereocenters. The van der Waals surface area contributed by atoms with Crippen molar-refractivity contribution in [2.75, 3.05) is 0 Å². The van der Waals surface area contributed by atoms with Gasteiger partial charge in [0.2, 0.25) is 0 Å². The molecule has 0 fully saturated rings. The van der Waals surface area contributed by atoms with Gasteiger partial charge in [-0.15, -0.1) is 0 Å². The summed E-state index contributed by atoms with van der Waals surface area (Å²) in [6.07, 6.45) is -0.699. The molecule has 0 aromatic heterocycles. The zero-order valence-corrected chi connectivity index (χ0v) is 12.9. The second-order valence-electron chi connectivity index (χ2n) is 4.93. The van der Waals surface area contributed by atoms with E-state index in [9.17, 15) is 9.36 Å². The van der Waals surface area contributed by atoms with Crippen molar-refractivity contribution in [3.05, 3.63) is 35.4 Å². The van der Waals surface area contributed by atoms with Crippen molar-refractivity contribution in [3.8, 4) is 0 Å². The lowest BCUT2D eigenvalue weighted by Gasteiger charge is -2.22.